The minimum atomic E-state index is -3.84. The lowest BCUT2D eigenvalue weighted by Crippen LogP contribution is -2.14. The van der Waals surface area contributed by atoms with Crippen molar-refractivity contribution in [2.24, 2.45) is 7.05 Å². The molecule has 0 radical (unpaired) electrons. The number of anilines is 1. The molecule has 0 atom stereocenters. The van der Waals surface area contributed by atoms with E-state index in [1.54, 1.807) is 20.0 Å². The number of rotatable bonds is 4. The van der Waals surface area contributed by atoms with Crippen LogP contribution in [-0.4, -0.2) is 34.3 Å². The lowest BCUT2D eigenvalue weighted by atomic mass is 10.4. The summed E-state index contributed by atoms with van der Waals surface area (Å²) in [7, 11) is -2.24. The van der Waals surface area contributed by atoms with Crippen molar-refractivity contribution in [3.8, 4) is 0 Å². The van der Waals surface area contributed by atoms with Crippen LogP contribution in [-0.2, 0) is 17.1 Å². The zero-order valence-corrected chi connectivity index (χ0v) is 11.0. The molecule has 0 aromatic carbocycles. The van der Waals surface area contributed by atoms with Crippen molar-refractivity contribution in [3.63, 3.8) is 0 Å². The Bertz CT molecular complexity index is 729. The number of carboxylic acids is 1. The van der Waals surface area contributed by atoms with Crippen LogP contribution in [0.15, 0.2) is 23.2 Å². The predicted octanol–water partition coefficient (Wildman–Crippen LogP) is 0.556. The summed E-state index contributed by atoms with van der Waals surface area (Å²) in [5.74, 6) is -0.923. The Morgan fingerprint density at radius 3 is 2.63 bits per heavy atom. The van der Waals surface area contributed by atoms with Gasteiger partial charge in [0.15, 0.2) is 0 Å². The predicted molar refractivity (Wildman–Crippen MR) is 66.5 cm³/mol. The third-order valence-electron chi connectivity index (χ3n) is 2.44. The van der Waals surface area contributed by atoms with Gasteiger partial charge in [-0.2, -0.15) is 5.10 Å². The maximum Gasteiger partial charge on any atom is 0.352 e. The normalized spacial score (nSPS) is 11.5. The van der Waals surface area contributed by atoms with E-state index in [0.717, 1.165) is 12.3 Å². The quantitative estimate of drug-likeness (QED) is 0.758. The average Bonchev–Trinajstić information content (AvgIpc) is 2.86. The molecular formula is C10H12N4O4S. The molecule has 2 rings (SSSR count). The van der Waals surface area contributed by atoms with Gasteiger partial charge in [-0.3, -0.25) is 9.40 Å². The van der Waals surface area contributed by atoms with E-state index in [0.29, 0.717) is 11.5 Å². The lowest BCUT2D eigenvalue weighted by molar-refractivity contribution is 0.0691. The van der Waals surface area contributed by atoms with Crippen LogP contribution >= 0.6 is 0 Å². The molecule has 0 saturated carbocycles. The van der Waals surface area contributed by atoms with E-state index in [1.807, 2.05) is 0 Å². The van der Waals surface area contributed by atoms with E-state index < -0.39 is 16.0 Å². The Kier molecular flexibility index (Phi) is 3.06. The van der Waals surface area contributed by atoms with Crippen LogP contribution < -0.4 is 4.72 Å². The SMILES string of the molecule is Cc1cc(NS(=O)(=O)c2c[nH]c(C(=O)O)c2)n(C)n1. The number of sulfonamides is 1. The zero-order chi connectivity index (χ0) is 14.2. The van der Waals surface area contributed by atoms with Gasteiger partial charge in [0.1, 0.15) is 16.4 Å². The van der Waals surface area contributed by atoms with Crippen molar-refractivity contribution in [1.82, 2.24) is 14.8 Å². The Morgan fingerprint density at radius 2 is 2.16 bits per heavy atom. The summed E-state index contributed by atoms with van der Waals surface area (Å²) in [5.41, 5.74) is 0.474. The van der Waals surface area contributed by atoms with Crippen LogP contribution in [0.2, 0.25) is 0 Å². The minimum absolute atomic E-state index is 0.149. The summed E-state index contributed by atoms with van der Waals surface area (Å²) in [6.45, 7) is 1.73. The van der Waals surface area contributed by atoms with Crippen LogP contribution in [0.3, 0.4) is 0 Å². The van der Waals surface area contributed by atoms with Crippen molar-refractivity contribution < 1.29 is 18.3 Å². The van der Waals surface area contributed by atoms with Gasteiger partial charge in [0.25, 0.3) is 10.0 Å². The third-order valence-corrected chi connectivity index (χ3v) is 3.77. The van der Waals surface area contributed by atoms with Gasteiger partial charge in [0, 0.05) is 19.3 Å². The summed E-state index contributed by atoms with van der Waals surface area (Å²) in [6.07, 6.45) is 1.12. The molecule has 9 heteroatoms. The molecule has 2 heterocycles. The number of nitrogens with zero attached hydrogens (tertiary/aromatic N) is 2. The number of hydrogen-bond acceptors (Lipinski definition) is 4. The molecule has 0 aliphatic heterocycles. The van der Waals surface area contributed by atoms with E-state index in [2.05, 4.69) is 14.8 Å². The molecular weight excluding hydrogens is 272 g/mol. The Labute approximate surface area is 109 Å². The first kappa shape index (κ1) is 13.1. The van der Waals surface area contributed by atoms with Crippen LogP contribution in [0.25, 0.3) is 0 Å². The number of hydrogen-bond donors (Lipinski definition) is 3. The van der Waals surface area contributed by atoms with E-state index in [-0.39, 0.29) is 10.6 Å². The number of carboxylic acid groups (broad SMARTS) is 1. The first-order chi connectivity index (χ1) is 8.79. The van der Waals surface area contributed by atoms with Gasteiger partial charge in [-0.15, -0.1) is 0 Å². The number of aromatic amines is 1. The molecule has 0 aliphatic rings. The molecule has 0 saturated heterocycles. The summed E-state index contributed by atoms with van der Waals surface area (Å²) in [6, 6.07) is 2.62. The summed E-state index contributed by atoms with van der Waals surface area (Å²) in [5, 5.41) is 12.8. The maximum atomic E-state index is 12.0. The van der Waals surface area contributed by atoms with Gasteiger partial charge in [-0.05, 0) is 13.0 Å². The average molecular weight is 284 g/mol. The summed E-state index contributed by atoms with van der Waals surface area (Å²) < 4.78 is 27.8. The maximum absolute atomic E-state index is 12.0. The highest BCUT2D eigenvalue weighted by Crippen LogP contribution is 2.17. The Hall–Kier alpha value is -2.29. The Balaban J connectivity index is 2.32. The van der Waals surface area contributed by atoms with Crippen molar-refractivity contribution >= 4 is 21.8 Å². The molecule has 102 valence electrons. The number of aromatic carboxylic acids is 1. The highest BCUT2D eigenvalue weighted by Gasteiger charge is 2.19. The van der Waals surface area contributed by atoms with Crippen LogP contribution in [0.4, 0.5) is 5.82 Å². The summed E-state index contributed by atoms with van der Waals surface area (Å²) in [4.78, 5) is 12.9. The Morgan fingerprint density at radius 1 is 1.47 bits per heavy atom. The third kappa shape index (κ3) is 2.60. The number of nitrogens with one attached hydrogen (secondary N) is 2. The molecule has 2 aromatic rings. The van der Waals surface area contributed by atoms with Gasteiger partial charge in [-0.25, -0.2) is 13.2 Å². The van der Waals surface area contributed by atoms with Gasteiger partial charge < -0.3 is 10.1 Å². The molecule has 0 amide bonds. The fourth-order valence-electron chi connectivity index (χ4n) is 1.56. The fraction of sp³-hybridized carbons (Fsp3) is 0.200. The van der Waals surface area contributed by atoms with E-state index in [4.69, 9.17) is 5.11 Å². The molecule has 2 aromatic heterocycles. The van der Waals surface area contributed by atoms with Crippen molar-refractivity contribution in [3.05, 3.63) is 29.7 Å². The molecule has 0 unspecified atom stereocenters. The minimum Gasteiger partial charge on any atom is -0.477 e. The first-order valence-corrected chi connectivity index (χ1v) is 6.73. The highest BCUT2D eigenvalue weighted by molar-refractivity contribution is 7.92. The largest absolute Gasteiger partial charge is 0.477 e. The van der Waals surface area contributed by atoms with Gasteiger partial charge in [0.05, 0.1) is 5.69 Å². The zero-order valence-electron chi connectivity index (χ0n) is 10.2. The van der Waals surface area contributed by atoms with E-state index in [1.165, 1.54) is 4.68 Å². The van der Waals surface area contributed by atoms with Crippen LogP contribution in [0.5, 0.6) is 0 Å². The summed E-state index contributed by atoms with van der Waals surface area (Å²) >= 11 is 0. The van der Waals surface area contributed by atoms with Gasteiger partial charge in [-0.1, -0.05) is 0 Å². The van der Waals surface area contributed by atoms with Crippen molar-refractivity contribution in [2.45, 2.75) is 11.8 Å². The molecule has 19 heavy (non-hydrogen) atoms. The molecule has 3 N–H and O–H groups in total. The second-order valence-electron chi connectivity index (χ2n) is 3.95. The van der Waals surface area contributed by atoms with Crippen molar-refractivity contribution in [1.29, 1.82) is 0 Å². The molecule has 0 spiro atoms. The topological polar surface area (TPSA) is 117 Å². The van der Waals surface area contributed by atoms with Crippen molar-refractivity contribution in [2.75, 3.05) is 4.72 Å². The molecule has 0 fully saturated rings. The number of aryl methyl sites for hydroxylation is 2. The first-order valence-electron chi connectivity index (χ1n) is 5.25. The monoisotopic (exact) mass is 284 g/mol. The van der Waals surface area contributed by atoms with Crippen LogP contribution in [0, 0.1) is 6.92 Å². The lowest BCUT2D eigenvalue weighted by Gasteiger charge is -2.05. The fourth-order valence-corrected chi connectivity index (χ4v) is 2.63. The molecule has 8 nitrogen and oxygen atoms in total. The number of H-pyrrole nitrogens is 1. The number of carbonyl (C=O) groups is 1. The van der Waals surface area contributed by atoms with E-state index >= 15 is 0 Å². The second-order valence-corrected chi connectivity index (χ2v) is 5.64. The highest BCUT2D eigenvalue weighted by atomic mass is 32.2. The van der Waals surface area contributed by atoms with Gasteiger partial charge >= 0.3 is 5.97 Å². The smallest absolute Gasteiger partial charge is 0.352 e. The molecule has 0 aliphatic carbocycles. The second kappa shape index (κ2) is 4.43. The number of aromatic nitrogens is 3. The van der Waals surface area contributed by atoms with Crippen LogP contribution in [0.1, 0.15) is 16.2 Å². The molecule has 0 bridgehead atoms. The standard InChI is InChI=1S/C10H12N4O4S/c1-6-3-9(14(2)12-6)13-19(17,18)7-4-8(10(15)16)11-5-7/h3-5,11,13H,1-2H3,(H,15,16). The van der Waals surface area contributed by atoms with Gasteiger partial charge in [0.2, 0.25) is 0 Å². The van der Waals surface area contributed by atoms with E-state index in [9.17, 15) is 13.2 Å².